The van der Waals surface area contributed by atoms with Gasteiger partial charge in [-0.25, -0.2) is 0 Å². The third-order valence-corrected chi connectivity index (χ3v) is 5.31. The summed E-state index contributed by atoms with van der Waals surface area (Å²) in [5.41, 5.74) is 0. The van der Waals surface area contributed by atoms with Gasteiger partial charge in [0.1, 0.15) is 0 Å². The van der Waals surface area contributed by atoms with Crippen molar-refractivity contribution in [1.29, 1.82) is 0 Å². The van der Waals surface area contributed by atoms with Gasteiger partial charge in [0.05, 0.1) is 0 Å². The summed E-state index contributed by atoms with van der Waals surface area (Å²) in [6, 6.07) is 0. The maximum Gasteiger partial charge on any atom is 0.327 e. The molecule has 2 nitrogen and oxygen atoms in total. The van der Waals surface area contributed by atoms with Crippen molar-refractivity contribution in [3.63, 3.8) is 0 Å². The Hall–Kier alpha value is 0.137. The fourth-order valence-electron chi connectivity index (χ4n) is 2.08. The van der Waals surface area contributed by atoms with Crippen LogP contribution in [-0.2, 0) is 8.85 Å². The fraction of sp³-hybridized carbons (Fsp3) is 1.00. The van der Waals surface area contributed by atoms with Crippen LogP contribution in [0.5, 0.6) is 0 Å². The van der Waals surface area contributed by atoms with Gasteiger partial charge in [0.15, 0.2) is 0 Å². The second-order valence-electron chi connectivity index (χ2n) is 3.66. The van der Waals surface area contributed by atoms with Crippen LogP contribution in [0.1, 0.15) is 32.6 Å². The molecule has 1 fully saturated rings. The van der Waals surface area contributed by atoms with Crippen molar-refractivity contribution in [1.82, 2.24) is 0 Å². The van der Waals surface area contributed by atoms with Crippen LogP contribution in [0.2, 0.25) is 5.04 Å². The predicted molar refractivity (Wildman–Crippen MR) is 48.0 cm³/mol. The Morgan fingerprint density at radius 3 is 1.91 bits per heavy atom. The molecule has 1 rings (SSSR count). The number of hydrogen-bond donors (Lipinski definition) is 0. The minimum absolute atomic E-state index is 0.406. The topological polar surface area (TPSA) is 18.5 Å². The largest absolute Gasteiger partial charge is 0.400 e. The van der Waals surface area contributed by atoms with E-state index in [-0.39, 0.29) is 0 Å². The van der Waals surface area contributed by atoms with E-state index in [0.717, 1.165) is 0 Å². The van der Waals surface area contributed by atoms with Gasteiger partial charge in [-0.3, -0.25) is 0 Å². The van der Waals surface area contributed by atoms with Gasteiger partial charge in [0.25, 0.3) is 0 Å². The molecule has 66 valence electrons. The zero-order valence-corrected chi connectivity index (χ0v) is 8.88. The van der Waals surface area contributed by atoms with Crippen LogP contribution in [0, 0.1) is 0 Å². The number of rotatable bonds is 3. The molecule has 0 radical (unpaired) electrons. The van der Waals surface area contributed by atoms with Crippen molar-refractivity contribution in [2.24, 2.45) is 0 Å². The summed E-state index contributed by atoms with van der Waals surface area (Å²) in [7, 11) is 2.20. The molecule has 0 aromatic carbocycles. The van der Waals surface area contributed by atoms with Gasteiger partial charge in [-0.2, -0.15) is 0 Å². The van der Waals surface area contributed by atoms with Gasteiger partial charge in [0, 0.05) is 19.3 Å². The highest BCUT2D eigenvalue weighted by Gasteiger charge is 2.39. The monoisotopic (exact) mass is 174 g/mol. The van der Waals surface area contributed by atoms with Crippen molar-refractivity contribution in [2.75, 3.05) is 14.2 Å². The maximum absolute atomic E-state index is 5.40. The summed E-state index contributed by atoms with van der Waals surface area (Å²) < 4.78 is 10.8. The molecule has 0 unspecified atom stereocenters. The second kappa shape index (κ2) is 3.69. The lowest BCUT2D eigenvalue weighted by Crippen LogP contribution is -2.32. The van der Waals surface area contributed by atoms with Gasteiger partial charge in [0.2, 0.25) is 0 Å². The molecule has 0 N–H and O–H groups in total. The van der Waals surface area contributed by atoms with Gasteiger partial charge in [-0.15, -0.1) is 0 Å². The molecule has 1 aliphatic rings. The third-order valence-electron chi connectivity index (χ3n) is 2.74. The SMILES string of the molecule is CO[SiH](OC)C1(C)CCCC1. The van der Waals surface area contributed by atoms with Gasteiger partial charge in [-0.05, 0) is 12.8 Å². The Morgan fingerprint density at radius 1 is 1.09 bits per heavy atom. The highest BCUT2D eigenvalue weighted by atomic mass is 28.3. The summed E-state index contributed by atoms with van der Waals surface area (Å²) in [6.07, 6.45) is 5.30. The minimum Gasteiger partial charge on any atom is -0.400 e. The quantitative estimate of drug-likeness (QED) is 0.608. The van der Waals surface area contributed by atoms with Gasteiger partial charge < -0.3 is 8.85 Å². The van der Waals surface area contributed by atoms with Crippen molar-refractivity contribution in [2.45, 2.75) is 37.6 Å². The standard InChI is InChI=1S/C8H18O2Si/c1-8(6-4-5-7-8)11(9-2)10-3/h11H,4-7H2,1-3H3. The Balaban J connectivity index is 2.53. The smallest absolute Gasteiger partial charge is 0.327 e. The Kier molecular flexibility index (Phi) is 3.10. The van der Waals surface area contributed by atoms with E-state index in [1.165, 1.54) is 25.7 Å². The number of hydrogen-bond acceptors (Lipinski definition) is 2. The zero-order valence-electron chi connectivity index (χ0n) is 7.72. The lowest BCUT2D eigenvalue weighted by atomic mass is 10.1. The average Bonchev–Trinajstić information content (AvgIpc) is 2.39. The lowest BCUT2D eigenvalue weighted by Gasteiger charge is -2.28. The van der Waals surface area contributed by atoms with E-state index in [2.05, 4.69) is 6.92 Å². The fourth-order valence-corrected chi connectivity index (χ4v) is 4.29. The minimum atomic E-state index is -1.36. The molecule has 0 spiro atoms. The van der Waals surface area contributed by atoms with E-state index >= 15 is 0 Å². The molecular formula is C8H18O2Si. The van der Waals surface area contributed by atoms with Crippen LogP contribution >= 0.6 is 0 Å². The Morgan fingerprint density at radius 2 is 1.55 bits per heavy atom. The molecular weight excluding hydrogens is 156 g/mol. The van der Waals surface area contributed by atoms with E-state index in [1.807, 2.05) is 0 Å². The molecule has 3 heteroatoms. The molecule has 1 saturated carbocycles. The summed E-state index contributed by atoms with van der Waals surface area (Å²) >= 11 is 0. The Bertz CT molecular complexity index is 117. The van der Waals surface area contributed by atoms with Crippen molar-refractivity contribution < 1.29 is 8.85 Å². The van der Waals surface area contributed by atoms with Crippen LogP contribution < -0.4 is 0 Å². The van der Waals surface area contributed by atoms with E-state index in [9.17, 15) is 0 Å². The van der Waals surface area contributed by atoms with Crippen molar-refractivity contribution in [3.05, 3.63) is 0 Å². The highest BCUT2D eigenvalue weighted by molar-refractivity contribution is 6.48. The second-order valence-corrected chi connectivity index (χ2v) is 6.66. The lowest BCUT2D eigenvalue weighted by molar-refractivity contribution is 0.243. The maximum atomic E-state index is 5.40. The summed E-state index contributed by atoms with van der Waals surface area (Å²) in [5.74, 6) is 0. The van der Waals surface area contributed by atoms with Crippen molar-refractivity contribution >= 4 is 9.28 Å². The molecule has 0 bridgehead atoms. The first-order valence-electron chi connectivity index (χ1n) is 4.28. The third kappa shape index (κ3) is 1.83. The molecule has 0 saturated heterocycles. The first-order chi connectivity index (χ1) is 5.23. The zero-order chi connectivity index (χ0) is 8.32. The molecule has 0 amide bonds. The molecule has 1 aliphatic carbocycles. The predicted octanol–water partition coefficient (Wildman–Crippen LogP) is 1.83. The first kappa shape index (κ1) is 9.23. The first-order valence-corrected chi connectivity index (χ1v) is 5.80. The molecule has 0 aliphatic heterocycles. The van der Waals surface area contributed by atoms with Crippen LogP contribution in [0.25, 0.3) is 0 Å². The summed E-state index contributed by atoms with van der Waals surface area (Å²) in [6.45, 7) is 2.31. The normalized spacial score (nSPS) is 22.9. The van der Waals surface area contributed by atoms with Crippen LogP contribution in [0.4, 0.5) is 0 Å². The van der Waals surface area contributed by atoms with Gasteiger partial charge in [-0.1, -0.05) is 19.8 Å². The van der Waals surface area contributed by atoms with Crippen molar-refractivity contribution in [3.8, 4) is 0 Å². The molecule has 11 heavy (non-hydrogen) atoms. The van der Waals surface area contributed by atoms with E-state index in [4.69, 9.17) is 8.85 Å². The highest BCUT2D eigenvalue weighted by Crippen LogP contribution is 2.46. The Labute approximate surface area is 70.7 Å². The average molecular weight is 174 g/mol. The molecule has 0 atom stereocenters. The van der Waals surface area contributed by atoms with Crippen LogP contribution in [0.3, 0.4) is 0 Å². The molecule has 0 heterocycles. The molecule has 0 aromatic rings. The van der Waals surface area contributed by atoms with Gasteiger partial charge >= 0.3 is 9.28 Å². The summed E-state index contributed by atoms with van der Waals surface area (Å²) in [4.78, 5) is 0. The molecule has 0 aromatic heterocycles. The van der Waals surface area contributed by atoms with Crippen LogP contribution in [0.15, 0.2) is 0 Å². The van der Waals surface area contributed by atoms with E-state index in [0.29, 0.717) is 5.04 Å². The van der Waals surface area contributed by atoms with E-state index < -0.39 is 9.28 Å². The van der Waals surface area contributed by atoms with Crippen LogP contribution in [-0.4, -0.2) is 23.5 Å². The summed E-state index contributed by atoms with van der Waals surface area (Å²) in [5, 5.41) is 0.406. The van der Waals surface area contributed by atoms with E-state index in [1.54, 1.807) is 14.2 Å².